The van der Waals surface area contributed by atoms with E-state index in [0.29, 0.717) is 13.0 Å². The Morgan fingerprint density at radius 2 is 0.735 bits per heavy atom. The summed E-state index contributed by atoms with van der Waals surface area (Å²) in [5.74, 6) is -0.0134. The van der Waals surface area contributed by atoms with Crippen molar-refractivity contribution in [2.45, 2.75) is 226 Å². The van der Waals surface area contributed by atoms with E-state index in [1.807, 2.05) is 18.2 Å². The van der Waals surface area contributed by atoms with Crippen molar-refractivity contribution < 1.29 is 14.0 Å². The number of carbonyl (C=O) groups excluding carboxylic acids is 1. The van der Waals surface area contributed by atoms with Gasteiger partial charge in [0.25, 0.3) is 0 Å². The number of quaternary nitrogens is 1. The first-order valence-corrected chi connectivity index (χ1v) is 22.2. The van der Waals surface area contributed by atoms with Crippen LogP contribution >= 0.6 is 0 Å². The van der Waals surface area contributed by atoms with Crippen LogP contribution in [0.4, 0.5) is 0 Å². The van der Waals surface area contributed by atoms with Crippen LogP contribution in [0, 0.1) is 0 Å². The molecular formula is C46H86NO2+. The number of unbranched alkanes of at least 4 members (excludes halogenated alkanes) is 27. The highest BCUT2D eigenvalue weighted by atomic mass is 16.5. The van der Waals surface area contributed by atoms with E-state index in [0.717, 1.165) is 16.6 Å². The first-order chi connectivity index (χ1) is 24.2. The molecule has 3 nitrogen and oxygen atoms in total. The number of benzene rings is 1. The van der Waals surface area contributed by atoms with Gasteiger partial charge in [0.2, 0.25) is 0 Å². The standard InChI is InChI=1S/C46H86NO2/c1-4-7-10-13-16-19-22-25-28-34-40-47(41-35-29-26-23-20-17-14-11-8-5-2,42-36-30-27-24-21-18-15-12-9-6-3)43-39-46(48)49-44-45-37-32-31-33-38-45/h31-33,37-38H,4-30,34-36,39-44H2,1-3H3/q+1. The minimum absolute atomic E-state index is 0.0134. The van der Waals surface area contributed by atoms with Gasteiger partial charge in [-0.15, -0.1) is 0 Å². The van der Waals surface area contributed by atoms with Crippen molar-refractivity contribution in [1.82, 2.24) is 0 Å². The largest absolute Gasteiger partial charge is 0.461 e. The Balaban J connectivity index is 2.68. The zero-order chi connectivity index (χ0) is 35.4. The number of esters is 1. The molecule has 286 valence electrons. The van der Waals surface area contributed by atoms with Crippen molar-refractivity contribution in [2.24, 2.45) is 0 Å². The molecular weight excluding hydrogens is 599 g/mol. The van der Waals surface area contributed by atoms with E-state index in [-0.39, 0.29) is 5.97 Å². The molecule has 0 radical (unpaired) electrons. The van der Waals surface area contributed by atoms with Crippen LogP contribution < -0.4 is 0 Å². The number of nitrogens with zero attached hydrogens (tertiary/aromatic N) is 1. The molecule has 0 spiro atoms. The van der Waals surface area contributed by atoms with E-state index < -0.39 is 0 Å². The molecule has 0 saturated heterocycles. The summed E-state index contributed by atoms with van der Waals surface area (Å²) < 4.78 is 6.93. The SMILES string of the molecule is CCCCCCCCCCCC[N+](CCCCCCCCCCCC)(CCCCCCCCCCCC)CCC(=O)OCc1ccccc1. The van der Waals surface area contributed by atoms with Gasteiger partial charge in [0.1, 0.15) is 6.61 Å². The lowest BCUT2D eigenvalue weighted by molar-refractivity contribution is -0.928. The van der Waals surface area contributed by atoms with Gasteiger partial charge in [-0.2, -0.15) is 0 Å². The average Bonchev–Trinajstić information content (AvgIpc) is 3.12. The molecule has 0 heterocycles. The van der Waals surface area contributed by atoms with Gasteiger partial charge in [-0.05, 0) is 44.1 Å². The molecule has 0 N–H and O–H groups in total. The molecule has 0 atom stereocenters. The third-order valence-electron chi connectivity index (χ3n) is 11.0. The second-order valence-corrected chi connectivity index (χ2v) is 15.7. The Kier molecular flexibility index (Phi) is 32.7. The molecule has 1 aromatic carbocycles. The third kappa shape index (κ3) is 29.0. The zero-order valence-corrected chi connectivity index (χ0v) is 33.6. The lowest BCUT2D eigenvalue weighted by Gasteiger charge is -2.39. The predicted octanol–water partition coefficient (Wildman–Crippen LogP) is 14.7. The zero-order valence-electron chi connectivity index (χ0n) is 33.6. The Morgan fingerprint density at radius 1 is 0.429 bits per heavy atom. The topological polar surface area (TPSA) is 26.3 Å². The molecule has 0 saturated carbocycles. The van der Waals surface area contributed by atoms with Gasteiger partial charge in [-0.1, -0.05) is 205 Å². The van der Waals surface area contributed by atoms with Crippen molar-refractivity contribution in [3.05, 3.63) is 35.9 Å². The summed E-state index contributed by atoms with van der Waals surface area (Å²) in [6.07, 6.45) is 42.1. The van der Waals surface area contributed by atoms with Crippen molar-refractivity contribution in [1.29, 1.82) is 0 Å². The Morgan fingerprint density at radius 3 is 1.06 bits per heavy atom. The Hall–Kier alpha value is -1.35. The third-order valence-corrected chi connectivity index (χ3v) is 11.0. The van der Waals surface area contributed by atoms with Gasteiger partial charge in [-0.3, -0.25) is 4.79 Å². The minimum atomic E-state index is -0.0134. The van der Waals surface area contributed by atoms with Crippen LogP contribution in [0.25, 0.3) is 0 Å². The molecule has 3 heteroatoms. The number of carbonyl (C=O) groups is 1. The molecule has 1 aromatic rings. The summed E-state index contributed by atoms with van der Waals surface area (Å²) in [6, 6.07) is 10.2. The average molecular weight is 685 g/mol. The fourth-order valence-electron chi connectivity index (χ4n) is 7.61. The first kappa shape index (κ1) is 45.7. The van der Waals surface area contributed by atoms with Gasteiger partial charge in [0, 0.05) is 0 Å². The smallest absolute Gasteiger partial charge is 0.311 e. The lowest BCUT2D eigenvalue weighted by Crippen LogP contribution is -2.51. The summed E-state index contributed by atoms with van der Waals surface area (Å²) in [6.45, 7) is 12.0. The van der Waals surface area contributed by atoms with Gasteiger partial charge in [-0.25, -0.2) is 0 Å². The van der Waals surface area contributed by atoms with Crippen LogP contribution in [-0.4, -0.2) is 36.6 Å². The monoisotopic (exact) mass is 685 g/mol. The first-order valence-electron chi connectivity index (χ1n) is 22.2. The second-order valence-electron chi connectivity index (χ2n) is 15.7. The summed E-state index contributed by atoms with van der Waals surface area (Å²) in [7, 11) is 0. The van der Waals surface area contributed by atoms with Crippen LogP contribution in [0.2, 0.25) is 0 Å². The summed E-state index contributed by atoms with van der Waals surface area (Å²) in [5.41, 5.74) is 1.08. The molecule has 0 aliphatic carbocycles. The highest BCUT2D eigenvalue weighted by Crippen LogP contribution is 2.21. The fraction of sp³-hybridized carbons (Fsp3) is 0.848. The molecule has 0 amide bonds. The van der Waals surface area contributed by atoms with Gasteiger partial charge >= 0.3 is 5.97 Å². The van der Waals surface area contributed by atoms with Crippen LogP contribution in [0.1, 0.15) is 225 Å². The maximum absolute atomic E-state index is 13.1. The summed E-state index contributed by atoms with van der Waals surface area (Å²) in [5, 5.41) is 0. The maximum atomic E-state index is 13.1. The van der Waals surface area contributed by atoms with Gasteiger partial charge in [0.15, 0.2) is 0 Å². The van der Waals surface area contributed by atoms with E-state index in [1.54, 1.807) is 0 Å². The fourth-order valence-corrected chi connectivity index (χ4v) is 7.61. The van der Waals surface area contributed by atoms with E-state index in [1.165, 1.54) is 212 Å². The van der Waals surface area contributed by atoms with Gasteiger partial charge < -0.3 is 9.22 Å². The molecule has 0 aromatic heterocycles. The molecule has 49 heavy (non-hydrogen) atoms. The molecule has 0 bridgehead atoms. The van der Waals surface area contributed by atoms with E-state index >= 15 is 0 Å². The van der Waals surface area contributed by atoms with Crippen molar-refractivity contribution >= 4 is 5.97 Å². The van der Waals surface area contributed by atoms with Crippen LogP contribution in [0.3, 0.4) is 0 Å². The van der Waals surface area contributed by atoms with Crippen LogP contribution in [0.5, 0.6) is 0 Å². The summed E-state index contributed by atoms with van der Waals surface area (Å²) in [4.78, 5) is 13.1. The molecule has 1 rings (SSSR count). The van der Waals surface area contributed by atoms with Crippen LogP contribution in [-0.2, 0) is 16.1 Å². The minimum Gasteiger partial charge on any atom is -0.461 e. The second kappa shape index (κ2) is 35.1. The maximum Gasteiger partial charge on any atom is 0.311 e. The Labute approximate surface area is 307 Å². The quantitative estimate of drug-likeness (QED) is 0.0394. The highest BCUT2D eigenvalue weighted by molar-refractivity contribution is 5.69. The molecule has 0 aliphatic heterocycles. The number of rotatable bonds is 38. The summed E-state index contributed by atoms with van der Waals surface area (Å²) >= 11 is 0. The van der Waals surface area contributed by atoms with Crippen molar-refractivity contribution in [2.75, 3.05) is 26.2 Å². The van der Waals surface area contributed by atoms with Crippen molar-refractivity contribution in [3.8, 4) is 0 Å². The normalized spacial score (nSPS) is 11.7. The van der Waals surface area contributed by atoms with Crippen molar-refractivity contribution in [3.63, 3.8) is 0 Å². The number of ether oxygens (including phenoxy) is 1. The molecule has 0 fully saturated rings. The highest BCUT2D eigenvalue weighted by Gasteiger charge is 2.27. The lowest BCUT2D eigenvalue weighted by atomic mass is 10.0. The van der Waals surface area contributed by atoms with E-state index in [9.17, 15) is 4.79 Å². The Bertz CT molecular complexity index is 749. The number of hydrogen-bond donors (Lipinski definition) is 0. The van der Waals surface area contributed by atoms with Gasteiger partial charge in [0.05, 0.1) is 32.6 Å². The van der Waals surface area contributed by atoms with E-state index in [4.69, 9.17) is 4.74 Å². The number of hydrogen-bond acceptors (Lipinski definition) is 2. The van der Waals surface area contributed by atoms with E-state index in [2.05, 4.69) is 32.9 Å². The van der Waals surface area contributed by atoms with Crippen LogP contribution in [0.15, 0.2) is 30.3 Å². The molecule has 0 unspecified atom stereocenters. The molecule has 0 aliphatic rings. The predicted molar refractivity (Wildman–Crippen MR) is 216 cm³/mol.